The number of nitrogens with zero attached hydrogens (tertiary/aromatic N) is 1. The van der Waals surface area contributed by atoms with Crippen LogP contribution in [-0.4, -0.2) is 52.6 Å². The predicted octanol–water partition coefficient (Wildman–Crippen LogP) is -0.198. The molecule has 29 heavy (non-hydrogen) atoms. The number of β-lactam (4-membered cyclic amide) rings is 1. The molecule has 1 amide bonds. The molecule has 1 fully saturated rings. The molecule has 1 aromatic carbocycles. The van der Waals surface area contributed by atoms with E-state index in [1.165, 1.54) is 24.0 Å². The monoisotopic (exact) mass is 440 g/mol. The SMILES string of the molecule is CC1(N)S[C@@H]2C(C(=O)C(N)c3cccc(NS(C)(=O)=O)c3)C(=O)N2C=C1C(=O)O. The van der Waals surface area contributed by atoms with E-state index in [4.69, 9.17) is 11.5 Å². The number of ketones is 1. The van der Waals surface area contributed by atoms with Crippen LogP contribution in [0.5, 0.6) is 0 Å². The van der Waals surface area contributed by atoms with Crippen LogP contribution in [-0.2, 0) is 24.4 Å². The molecule has 1 saturated heterocycles. The molecule has 0 spiro atoms. The molecular weight excluding hydrogens is 420 g/mol. The van der Waals surface area contributed by atoms with Crippen LogP contribution in [0.2, 0.25) is 0 Å². The standard InChI is InChI=1S/C17H20N4O6S2/c1-17(19)10(16(24)25)7-21-14(23)11(15(21)28-17)13(22)12(18)8-4-3-5-9(6-8)20-29(2,26)27/h3-7,11-12,15,20H,18-19H2,1-2H3,(H,24,25)/t11?,12?,15-,17?/m1/s1. The number of carboxylic acid groups (broad SMARTS) is 1. The Kier molecular flexibility index (Phi) is 5.24. The van der Waals surface area contributed by atoms with Crippen molar-refractivity contribution in [2.75, 3.05) is 11.0 Å². The van der Waals surface area contributed by atoms with Crippen LogP contribution in [0.15, 0.2) is 36.0 Å². The highest BCUT2D eigenvalue weighted by atomic mass is 32.2. The fraction of sp³-hybridized carbons (Fsp3) is 0.353. The largest absolute Gasteiger partial charge is 0.478 e. The molecule has 12 heteroatoms. The first-order valence-corrected chi connectivity index (χ1v) is 11.2. The number of fused-ring (bicyclic) bond motifs is 1. The number of nitrogens with one attached hydrogen (secondary N) is 1. The van der Waals surface area contributed by atoms with E-state index < -0.39 is 49.9 Å². The third kappa shape index (κ3) is 4.01. The summed E-state index contributed by atoms with van der Waals surface area (Å²) in [4.78, 5) is 36.6. The number of amides is 1. The summed E-state index contributed by atoms with van der Waals surface area (Å²) >= 11 is 1.00. The lowest BCUT2D eigenvalue weighted by atomic mass is 9.86. The Morgan fingerprint density at radius 2 is 2.03 bits per heavy atom. The summed E-state index contributed by atoms with van der Waals surface area (Å²) in [5, 5.41) is 8.62. The highest BCUT2D eigenvalue weighted by molar-refractivity contribution is 8.01. The summed E-state index contributed by atoms with van der Waals surface area (Å²) in [6.07, 6.45) is 2.16. The van der Waals surface area contributed by atoms with Crippen LogP contribution in [0.3, 0.4) is 0 Å². The van der Waals surface area contributed by atoms with Crippen LogP contribution in [0, 0.1) is 5.92 Å². The van der Waals surface area contributed by atoms with Gasteiger partial charge in [-0.1, -0.05) is 12.1 Å². The number of aliphatic carboxylic acids is 1. The van der Waals surface area contributed by atoms with Gasteiger partial charge in [0.1, 0.15) is 11.3 Å². The number of rotatable bonds is 6. The third-order valence-corrected chi connectivity index (χ3v) is 6.70. The number of Topliss-reactive ketones (excluding diaryl/α,β-unsaturated/α-hetero) is 1. The minimum Gasteiger partial charge on any atom is -0.478 e. The van der Waals surface area contributed by atoms with Crippen molar-refractivity contribution in [3.05, 3.63) is 41.6 Å². The van der Waals surface area contributed by atoms with E-state index in [2.05, 4.69) is 4.72 Å². The molecule has 0 aromatic heterocycles. The summed E-state index contributed by atoms with van der Waals surface area (Å²) in [5.41, 5.74) is 12.6. The van der Waals surface area contributed by atoms with E-state index >= 15 is 0 Å². The minimum atomic E-state index is -3.51. The van der Waals surface area contributed by atoms with Gasteiger partial charge in [-0.2, -0.15) is 0 Å². The maximum Gasteiger partial charge on any atom is 0.335 e. The van der Waals surface area contributed by atoms with Crippen molar-refractivity contribution in [2.45, 2.75) is 23.2 Å². The Hall–Kier alpha value is -2.41. The number of hydrogen-bond acceptors (Lipinski definition) is 8. The van der Waals surface area contributed by atoms with Gasteiger partial charge < -0.3 is 21.5 Å². The zero-order valence-corrected chi connectivity index (χ0v) is 17.2. The van der Waals surface area contributed by atoms with Gasteiger partial charge in [0.2, 0.25) is 15.9 Å². The molecular formula is C17H20N4O6S2. The van der Waals surface area contributed by atoms with Gasteiger partial charge in [0.25, 0.3) is 0 Å². The van der Waals surface area contributed by atoms with Crippen LogP contribution in [0.25, 0.3) is 0 Å². The van der Waals surface area contributed by atoms with Crippen LogP contribution >= 0.6 is 11.8 Å². The van der Waals surface area contributed by atoms with E-state index in [0.717, 1.165) is 24.2 Å². The molecule has 6 N–H and O–H groups in total. The van der Waals surface area contributed by atoms with Crippen LogP contribution in [0.1, 0.15) is 18.5 Å². The second-order valence-corrected chi connectivity index (χ2v) is 10.4. The van der Waals surface area contributed by atoms with Crippen molar-refractivity contribution < 1.29 is 27.9 Å². The molecule has 10 nitrogen and oxygen atoms in total. The predicted molar refractivity (Wildman–Crippen MR) is 107 cm³/mol. The van der Waals surface area contributed by atoms with Crippen molar-refractivity contribution in [3.8, 4) is 0 Å². The normalized spacial score (nSPS) is 27.4. The summed E-state index contributed by atoms with van der Waals surface area (Å²) < 4.78 is 25.1. The number of thioether (sulfide) groups is 1. The molecule has 4 atom stereocenters. The molecule has 2 heterocycles. The number of sulfonamides is 1. The first-order valence-electron chi connectivity index (χ1n) is 8.43. The number of nitrogens with two attached hydrogens (primary N) is 2. The first-order chi connectivity index (χ1) is 13.3. The van der Waals surface area contributed by atoms with Crippen LogP contribution < -0.4 is 16.2 Å². The molecule has 3 rings (SSSR count). The molecule has 0 aliphatic carbocycles. The minimum absolute atomic E-state index is 0.137. The highest BCUT2D eigenvalue weighted by Crippen LogP contribution is 2.48. The Bertz CT molecular complexity index is 1040. The maximum absolute atomic E-state index is 12.9. The Balaban J connectivity index is 1.83. The quantitative estimate of drug-likeness (QED) is 0.345. The van der Waals surface area contributed by atoms with E-state index in [0.29, 0.717) is 5.56 Å². The fourth-order valence-corrected chi connectivity index (χ4v) is 5.22. The first kappa shape index (κ1) is 21.3. The highest BCUT2D eigenvalue weighted by Gasteiger charge is 2.57. The molecule has 2 aliphatic rings. The fourth-order valence-electron chi connectivity index (χ4n) is 3.23. The van der Waals surface area contributed by atoms with Gasteiger partial charge in [0.15, 0.2) is 5.78 Å². The summed E-state index contributed by atoms with van der Waals surface area (Å²) in [5.74, 6) is -3.42. The average Bonchev–Trinajstić information content (AvgIpc) is 2.58. The molecule has 0 bridgehead atoms. The van der Waals surface area contributed by atoms with Crippen molar-refractivity contribution in [1.29, 1.82) is 0 Å². The van der Waals surface area contributed by atoms with E-state index in [-0.39, 0.29) is 11.3 Å². The second kappa shape index (κ2) is 7.13. The van der Waals surface area contributed by atoms with Crippen molar-refractivity contribution in [3.63, 3.8) is 0 Å². The Morgan fingerprint density at radius 3 is 2.62 bits per heavy atom. The lowest BCUT2D eigenvalue weighted by Crippen LogP contribution is -2.65. The van der Waals surface area contributed by atoms with Gasteiger partial charge in [0, 0.05) is 11.9 Å². The second-order valence-electron chi connectivity index (χ2n) is 7.07. The van der Waals surface area contributed by atoms with Crippen molar-refractivity contribution in [2.24, 2.45) is 17.4 Å². The molecule has 156 valence electrons. The Morgan fingerprint density at radius 1 is 1.38 bits per heavy atom. The molecule has 3 unspecified atom stereocenters. The number of anilines is 1. The van der Waals surface area contributed by atoms with Crippen LogP contribution in [0.4, 0.5) is 5.69 Å². The molecule has 0 saturated carbocycles. The summed E-state index contributed by atoms with van der Waals surface area (Å²) in [6.45, 7) is 1.50. The van der Waals surface area contributed by atoms with Gasteiger partial charge in [0.05, 0.1) is 22.7 Å². The van der Waals surface area contributed by atoms with Gasteiger partial charge in [-0.15, -0.1) is 11.8 Å². The van der Waals surface area contributed by atoms with Crippen molar-refractivity contribution >= 4 is 45.1 Å². The summed E-state index contributed by atoms with van der Waals surface area (Å²) in [7, 11) is -3.51. The molecule has 0 radical (unpaired) electrons. The third-order valence-electron chi connectivity index (χ3n) is 4.64. The number of carboxylic acids is 1. The lowest BCUT2D eigenvalue weighted by Gasteiger charge is -2.50. The summed E-state index contributed by atoms with van der Waals surface area (Å²) in [6, 6.07) is 4.86. The average molecular weight is 441 g/mol. The topological polar surface area (TPSA) is 173 Å². The van der Waals surface area contributed by atoms with Crippen molar-refractivity contribution in [1.82, 2.24) is 4.90 Å². The zero-order chi connectivity index (χ0) is 21.7. The van der Waals surface area contributed by atoms with E-state index in [9.17, 15) is 27.9 Å². The van der Waals surface area contributed by atoms with E-state index in [1.54, 1.807) is 12.1 Å². The number of hydrogen-bond donors (Lipinski definition) is 4. The number of carbonyl (C=O) groups excluding carboxylic acids is 2. The molecule has 2 aliphatic heterocycles. The number of benzene rings is 1. The smallest absolute Gasteiger partial charge is 0.335 e. The Labute approximate surface area is 171 Å². The van der Waals surface area contributed by atoms with Gasteiger partial charge in [-0.25, -0.2) is 13.2 Å². The maximum atomic E-state index is 12.9. The van der Waals surface area contributed by atoms with E-state index in [1.807, 2.05) is 0 Å². The lowest BCUT2D eigenvalue weighted by molar-refractivity contribution is -0.152. The number of carbonyl (C=O) groups is 3. The molecule has 1 aromatic rings. The van der Waals surface area contributed by atoms with Gasteiger partial charge >= 0.3 is 5.97 Å². The van der Waals surface area contributed by atoms with Gasteiger partial charge in [-0.3, -0.25) is 14.3 Å². The van der Waals surface area contributed by atoms with Gasteiger partial charge in [-0.05, 0) is 24.6 Å². The zero-order valence-electron chi connectivity index (χ0n) is 15.5.